The van der Waals surface area contributed by atoms with Crippen molar-refractivity contribution in [1.82, 2.24) is 4.98 Å². The van der Waals surface area contributed by atoms with Gasteiger partial charge in [0, 0.05) is 0 Å². The highest BCUT2D eigenvalue weighted by atomic mass is 35.5. The molecular weight excluding hydrogens is 265 g/mol. The smallest absolute Gasteiger partial charge is 0.280 e. The number of hydrogen-bond donors (Lipinski definition) is 0. The lowest BCUT2D eigenvalue weighted by molar-refractivity contribution is 0.112. The lowest BCUT2D eigenvalue weighted by Crippen LogP contribution is -1.88. The van der Waals surface area contributed by atoms with Gasteiger partial charge in [-0.3, -0.25) is 4.79 Å². The van der Waals surface area contributed by atoms with E-state index in [-0.39, 0.29) is 21.0 Å². The summed E-state index contributed by atoms with van der Waals surface area (Å²) in [6.07, 6.45) is 0.583. The Morgan fingerprint density at radius 3 is 2.94 bits per heavy atom. The minimum absolute atomic E-state index is 0.0628. The van der Waals surface area contributed by atoms with Crippen LogP contribution < -0.4 is 4.74 Å². The highest BCUT2D eigenvalue weighted by Crippen LogP contribution is 2.32. The largest absolute Gasteiger partial charge is 0.428 e. The maximum absolute atomic E-state index is 13.4. The summed E-state index contributed by atoms with van der Waals surface area (Å²) in [5, 5.41) is 0.203. The third-order valence-electron chi connectivity index (χ3n) is 1.98. The van der Waals surface area contributed by atoms with E-state index in [1.54, 1.807) is 12.1 Å². The first-order valence-electron chi connectivity index (χ1n) is 4.65. The molecule has 0 atom stereocenters. The maximum atomic E-state index is 13.4. The second kappa shape index (κ2) is 4.81. The van der Waals surface area contributed by atoms with Crippen LogP contribution in [0.1, 0.15) is 15.2 Å². The fourth-order valence-electron chi connectivity index (χ4n) is 1.19. The molecule has 17 heavy (non-hydrogen) atoms. The number of aromatic nitrogens is 1. The van der Waals surface area contributed by atoms with E-state index in [0.717, 1.165) is 16.9 Å². The van der Waals surface area contributed by atoms with Crippen LogP contribution in [0, 0.1) is 12.7 Å². The van der Waals surface area contributed by atoms with Gasteiger partial charge in [0.1, 0.15) is 4.88 Å². The van der Waals surface area contributed by atoms with Gasteiger partial charge in [0.2, 0.25) is 0 Å². The van der Waals surface area contributed by atoms with Gasteiger partial charge in [-0.1, -0.05) is 29.0 Å². The van der Waals surface area contributed by atoms with E-state index < -0.39 is 5.82 Å². The molecule has 1 heterocycles. The standard InChI is InChI=1S/C11H7ClFNO2S/c1-6-2-3-7(13)8(4-6)16-11-14-10(12)9(5-15)17-11/h2-5H,1H3. The Hall–Kier alpha value is -1.46. The molecule has 6 heteroatoms. The average Bonchev–Trinajstić information content (AvgIpc) is 2.64. The summed E-state index contributed by atoms with van der Waals surface area (Å²) in [6.45, 7) is 1.82. The van der Waals surface area contributed by atoms with Gasteiger partial charge in [0.15, 0.2) is 23.0 Å². The molecule has 1 aromatic heterocycles. The van der Waals surface area contributed by atoms with Gasteiger partial charge < -0.3 is 4.74 Å². The number of carbonyl (C=O) groups excluding carboxylic acids is 1. The molecule has 0 unspecified atom stereocenters. The number of ether oxygens (including phenoxy) is 1. The van der Waals surface area contributed by atoms with Crippen molar-refractivity contribution in [3.8, 4) is 10.9 Å². The topological polar surface area (TPSA) is 39.2 Å². The van der Waals surface area contributed by atoms with E-state index in [2.05, 4.69) is 4.98 Å². The number of nitrogens with zero attached hydrogens (tertiary/aromatic N) is 1. The Bertz CT molecular complexity index is 571. The molecule has 0 saturated heterocycles. The summed E-state index contributed by atoms with van der Waals surface area (Å²) in [6, 6.07) is 4.49. The molecule has 0 aliphatic rings. The van der Waals surface area contributed by atoms with Gasteiger partial charge in [0.25, 0.3) is 5.19 Å². The fraction of sp³-hybridized carbons (Fsp3) is 0.0909. The average molecular weight is 272 g/mol. The van der Waals surface area contributed by atoms with Crippen LogP contribution in [0.4, 0.5) is 4.39 Å². The summed E-state index contributed by atoms with van der Waals surface area (Å²) in [4.78, 5) is 14.6. The van der Waals surface area contributed by atoms with Gasteiger partial charge in [0.05, 0.1) is 0 Å². The predicted octanol–water partition coefficient (Wildman–Crippen LogP) is 3.85. The summed E-state index contributed by atoms with van der Waals surface area (Å²) >= 11 is 6.65. The number of aldehydes is 1. The Morgan fingerprint density at radius 1 is 1.53 bits per heavy atom. The zero-order valence-corrected chi connectivity index (χ0v) is 10.3. The monoisotopic (exact) mass is 271 g/mol. The highest BCUT2D eigenvalue weighted by molar-refractivity contribution is 7.15. The van der Waals surface area contributed by atoms with Crippen molar-refractivity contribution >= 4 is 29.2 Å². The van der Waals surface area contributed by atoms with E-state index >= 15 is 0 Å². The molecule has 1 aromatic carbocycles. The molecule has 2 rings (SSSR count). The number of hydrogen-bond acceptors (Lipinski definition) is 4. The van der Waals surface area contributed by atoms with Crippen LogP contribution in [0.5, 0.6) is 10.9 Å². The summed E-state index contributed by atoms with van der Waals surface area (Å²) in [5.74, 6) is -0.428. The van der Waals surface area contributed by atoms with Crippen LogP contribution in [0.2, 0.25) is 5.15 Å². The van der Waals surface area contributed by atoms with E-state index in [9.17, 15) is 9.18 Å². The second-order valence-corrected chi connectivity index (χ2v) is 4.64. The van der Waals surface area contributed by atoms with Crippen LogP contribution in [-0.2, 0) is 0 Å². The molecule has 0 fully saturated rings. The third kappa shape index (κ3) is 2.62. The van der Waals surface area contributed by atoms with Gasteiger partial charge >= 0.3 is 0 Å². The Labute approximate surface area is 106 Å². The molecule has 0 amide bonds. The molecule has 88 valence electrons. The van der Waals surface area contributed by atoms with Crippen molar-refractivity contribution < 1.29 is 13.9 Å². The fourth-order valence-corrected chi connectivity index (χ4v) is 2.12. The Balaban J connectivity index is 2.30. The quantitative estimate of drug-likeness (QED) is 0.796. The zero-order valence-electron chi connectivity index (χ0n) is 8.74. The van der Waals surface area contributed by atoms with Crippen molar-refractivity contribution in [2.75, 3.05) is 0 Å². The molecule has 3 nitrogen and oxygen atoms in total. The molecule has 0 N–H and O–H groups in total. The minimum Gasteiger partial charge on any atom is -0.428 e. The summed E-state index contributed by atoms with van der Waals surface area (Å²) < 4.78 is 18.6. The van der Waals surface area contributed by atoms with Crippen LogP contribution >= 0.6 is 22.9 Å². The first-order chi connectivity index (χ1) is 8.10. The van der Waals surface area contributed by atoms with Crippen molar-refractivity contribution in [2.45, 2.75) is 6.92 Å². The zero-order chi connectivity index (χ0) is 12.4. The number of aryl methyl sites for hydroxylation is 1. The lowest BCUT2D eigenvalue weighted by atomic mass is 10.2. The predicted molar refractivity (Wildman–Crippen MR) is 63.7 cm³/mol. The lowest BCUT2D eigenvalue weighted by Gasteiger charge is -2.03. The normalized spacial score (nSPS) is 10.3. The number of thiazole rings is 1. The van der Waals surface area contributed by atoms with E-state index in [1.807, 2.05) is 6.92 Å². The number of halogens is 2. The summed E-state index contributed by atoms with van der Waals surface area (Å²) in [7, 11) is 0. The van der Waals surface area contributed by atoms with Crippen molar-refractivity contribution in [2.24, 2.45) is 0 Å². The maximum Gasteiger partial charge on any atom is 0.280 e. The van der Waals surface area contributed by atoms with Gasteiger partial charge in [-0.05, 0) is 24.6 Å². The second-order valence-electron chi connectivity index (χ2n) is 3.29. The van der Waals surface area contributed by atoms with E-state index in [0.29, 0.717) is 6.29 Å². The molecule has 2 aromatic rings. The number of rotatable bonds is 3. The molecule has 0 bridgehead atoms. The Kier molecular flexibility index (Phi) is 3.40. The molecular formula is C11H7ClFNO2S. The molecule has 0 radical (unpaired) electrons. The van der Waals surface area contributed by atoms with Crippen molar-refractivity contribution in [3.05, 3.63) is 39.6 Å². The van der Waals surface area contributed by atoms with Crippen molar-refractivity contribution in [3.63, 3.8) is 0 Å². The van der Waals surface area contributed by atoms with Crippen LogP contribution in [0.25, 0.3) is 0 Å². The molecule has 0 aliphatic heterocycles. The molecule has 0 spiro atoms. The first-order valence-corrected chi connectivity index (χ1v) is 5.85. The molecule has 0 saturated carbocycles. The van der Waals surface area contributed by atoms with E-state index in [1.165, 1.54) is 6.07 Å². The summed E-state index contributed by atoms with van der Waals surface area (Å²) in [5.41, 5.74) is 0.861. The number of benzene rings is 1. The van der Waals surface area contributed by atoms with E-state index in [4.69, 9.17) is 16.3 Å². The highest BCUT2D eigenvalue weighted by Gasteiger charge is 2.12. The minimum atomic E-state index is -0.491. The first kappa shape index (κ1) is 12.0. The van der Waals surface area contributed by atoms with Crippen LogP contribution in [-0.4, -0.2) is 11.3 Å². The van der Waals surface area contributed by atoms with Crippen molar-refractivity contribution in [1.29, 1.82) is 0 Å². The van der Waals surface area contributed by atoms with Crippen LogP contribution in [0.15, 0.2) is 18.2 Å². The SMILES string of the molecule is Cc1ccc(F)c(Oc2nc(Cl)c(C=O)s2)c1. The van der Waals surface area contributed by atoms with Crippen LogP contribution in [0.3, 0.4) is 0 Å². The van der Waals surface area contributed by atoms with Gasteiger partial charge in [-0.2, -0.15) is 4.98 Å². The van der Waals surface area contributed by atoms with Gasteiger partial charge in [-0.15, -0.1) is 0 Å². The number of carbonyl (C=O) groups is 1. The van der Waals surface area contributed by atoms with Gasteiger partial charge in [-0.25, -0.2) is 4.39 Å². The third-order valence-corrected chi connectivity index (χ3v) is 3.24. The Morgan fingerprint density at radius 2 is 2.29 bits per heavy atom. The molecule has 0 aliphatic carbocycles.